The van der Waals surface area contributed by atoms with Crippen LogP contribution in [0.1, 0.15) is 43.4 Å². The Hall–Kier alpha value is -1.98. The minimum atomic E-state index is -0.565. The fourth-order valence-corrected chi connectivity index (χ4v) is 4.12. The number of rotatable bonds is 11. The van der Waals surface area contributed by atoms with Gasteiger partial charge in [-0.05, 0) is 37.5 Å². The van der Waals surface area contributed by atoms with Crippen molar-refractivity contribution in [3.05, 3.63) is 70.2 Å². The first-order chi connectivity index (χ1) is 14.4. The first-order valence-corrected chi connectivity index (χ1v) is 11.9. The zero-order valence-electron chi connectivity index (χ0n) is 18.0. The first-order valence-electron chi connectivity index (χ1n) is 10.4. The third kappa shape index (κ3) is 7.69. The molecule has 0 heterocycles. The maximum atomic E-state index is 13.1. The summed E-state index contributed by atoms with van der Waals surface area (Å²) in [5.74, 6) is 0.869. The molecule has 0 aliphatic carbocycles. The van der Waals surface area contributed by atoms with Crippen LogP contribution >= 0.6 is 23.4 Å². The van der Waals surface area contributed by atoms with Gasteiger partial charge in [0.15, 0.2) is 0 Å². The second-order valence-corrected chi connectivity index (χ2v) is 8.81. The van der Waals surface area contributed by atoms with Crippen LogP contribution in [0.3, 0.4) is 0 Å². The van der Waals surface area contributed by atoms with Crippen LogP contribution in [-0.4, -0.2) is 35.1 Å². The van der Waals surface area contributed by atoms with Gasteiger partial charge >= 0.3 is 0 Å². The minimum Gasteiger partial charge on any atom is -0.354 e. The van der Waals surface area contributed by atoms with Crippen LogP contribution in [0.15, 0.2) is 48.5 Å². The average molecular weight is 447 g/mol. The van der Waals surface area contributed by atoms with Crippen molar-refractivity contribution in [2.75, 3.05) is 12.3 Å². The lowest BCUT2D eigenvalue weighted by atomic mass is 10.1. The van der Waals surface area contributed by atoms with Crippen molar-refractivity contribution in [1.82, 2.24) is 10.2 Å². The monoisotopic (exact) mass is 446 g/mol. The van der Waals surface area contributed by atoms with Gasteiger partial charge in [0.1, 0.15) is 6.04 Å². The summed E-state index contributed by atoms with van der Waals surface area (Å²) in [6, 6.07) is 15.2. The van der Waals surface area contributed by atoms with Crippen molar-refractivity contribution in [2.45, 2.75) is 52.0 Å². The second kappa shape index (κ2) is 12.7. The summed E-state index contributed by atoms with van der Waals surface area (Å²) in [7, 11) is 0. The van der Waals surface area contributed by atoms with E-state index in [4.69, 9.17) is 11.6 Å². The molecule has 162 valence electrons. The topological polar surface area (TPSA) is 49.4 Å². The zero-order chi connectivity index (χ0) is 21.9. The Bertz CT molecular complexity index is 843. The fourth-order valence-electron chi connectivity index (χ4n) is 3.07. The normalized spacial score (nSPS) is 11.7. The molecule has 0 saturated carbocycles. The lowest BCUT2D eigenvalue weighted by Crippen LogP contribution is -2.48. The number of aryl methyl sites for hydroxylation is 1. The average Bonchev–Trinajstić information content (AvgIpc) is 2.72. The summed E-state index contributed by atoms with van der Waals surface area (Å²) in [6.45, 7) is 6.85. The molecule has 1 atom stereocenters. The maximum absolute atomic E-state index is 13.1. The molecule has 0 bridgehead atoms. The van der Waals surface area contributed by atoms with Crippen molar-refractivity contribution in [1.29, 1.82) is 0 Å². The number of carbonyl (C=O) groups excluding carboxylic acids is 2. The van der Waals surface area contributed by atoms with Crippen LogP contribution in [0.4, 0.5) is 0 Å². The van der Waals surface area contributed by atoms with E-state index in [2.05, 4.69) is 37.4 Å². The Kier molecular flexibility index (Phi) is 10.2. The number of nitrogens with zero attached hydrogens (tertiary/aromatic N) is 1. The minimum absolute atomic E-state index is 0.0642. The SMILES string of the molecule is CCCCNC(=O)[C@H](C)N(Cc1ccccc1Cl)C(=O)CSCc1cccc(C)c1. The van der Waals surface area contributed by atoms with Gasteiger partial charge in [-0.15, -0.1) is 11.8 Å². The van der Waals surface area contributed by atoms with Crippen LogP contribution in [-0.2, 0) is 21.9 Å². The number of carbonyl (C=O) groups is 2. The van der Waals surface area contributed by atoms with Gasteiger partial charge in [-0.1, -0.05) is 73.0 Å². The smallest absolute Gasteiger partial charge is 0.242 e. The van der Waals surface area contributed by atoms with Crippen molar-refractivity contribution >= 4 is 35.2 Å². The third-order valence-electron chi connectivity index (χ3n) is 4.87. The number of amides is 2. The molecule has 2 aromatic carbocycles. The molecule has 0 spiro atoms. The standard InChI is InChI=1S/C24H31ClN2O2S/c1-4-5-13-26-24(29)19(3)27(15-21-11-6-7-12-22(21)25)23(28)17-30-16-20-10-8-9-18(2)14-20/h6-12,14,19H,4-5,13,15-17H2,1-3H3,(H,26,29)/t19-/m0/s1. The largest absolute Gasteiger partial charge is 0.354 e. The summed E-state index contributed by atoms with van der Waals surface area (Å²) >= 11 is 7.88. The van der Waals surface area contributed by atoms with E-state index in [1.54, 1.807) is 29.7 Å². The van der Waals surface area contributed by atoms with E-state index in [9.17, 15) is 9.59 Å². The Balaban J connectivity index is 2.05. The lowest BCUT2D eigenvalue weighted by molar-refractivity contribution is -0.138. The van der Waals surface area contributed by atoms with Crippen LogP contribution < -0.4 is 5.32 Å². The van der Waals surface area contributed by atoms with Crippen LogP contribution in [0.5, 0.6) is 0 Å². The molecule has 0 fully saturated rings. The number of hydrogen-bond acceptors (Lipinski definition) is 3. The molecule has 4 nitrogen and oxygen atoms in total. The van der Waals surface area contributed by atoms with Gasteiger partial charge in [-0.3, -0.25) is 9.59 Å². The van der Waals surface area contributed by atoms with Crippen molar-refractivity contribution in [2.24, 2.45) is 0 Å². The van der Waals surface area contributed by atoms with E-state index in [0.29, 0.717) is 23.9 Å². The Labute approximate surface area is 189 Å². The molecule has 0 saturated heterocycles. The Morgan fingerprint density at radius 3 is 2.63 bits per heavy atom. The molecule has 0 aliphatic rings. The maximum Gasteiger partial charge on any atom is 0.242 e. The molecule has 6 heteroatoms. The molecule has 0 radical (unpaired) electrons. The highest BCUT2D eigenvalue weighted by Crippen LogP contribution is 2.20. The highest BCUT2D eigenvalue weighted by Gasteiger charge is 2.26. The van der Waals surface area contributed by atoms with Crippen LogP contribution in [0.2, 0.25) is 5.02 Å². The number of benzene rings is 2. The highest BCUT2D eigenvalue weighted by molar-refractivity contribution is 7.99. The van der Waals surface area contributed by atoms with Crippen molar-refractivity contribution in [3.8, 4) is 0 Å². The molecule has 0 unspecified atom stereocenters. The van der Waals surface area contributed by atoms with Gasteiger partial charge in [0.2, 0.25) is 11.8 Å². The highest BCUT2D eigenvalue weighted by atomic mass is 35.5. The van der Waals surface area contributed by atoms with E-state index in [-0.39, 0.29) is 11.8 Å². The van der Waals surface area contributed by atoms with E-state index in [1.165, 1.54) is 11.1 Å². The molecule has 30 heavy (non-hydrogen) atoms. The van der Waals surface area contributed by atoms with Gasteiger partial charge in [0.25, 0.3) is 0 Å². The number of nitrogens with one attached hydrogen (secondary N) is 1. The molecule has 2 rings (SSSR count). The molecule has 0 aliphatic heterocycles. The number of unbranched alkanes of at least 4 members (excludes halogenated alkanes) is 1. The molecular formula is C24H31ClN2O2S. The summed E-state index contributed by atoms with van der Waals surface area (Å²) in [4.78, 5) is 27.3. The molecular weight excluding hydrogens is 416 g/mol. The molecule has 2 amide bonds. The third-order valence-corrected chi connectivity index (χ3v) is 6.23. The van der Waals surface area contributed by atoms with E-state index < -0.39 is 6.04 Å². The quantitative estimate of drug-likeness (QED) is 0.481. The first kappa shape index (κ1) is 24.3. The Morgan fingerprint density at radius 2 is 1.93 bits per heavy atom. The predicted molar refractivity (Wildman–Crippen MR) is 127 cm³/mol. The summed E-state index contributed by atoms with van der Waals surface area (Å²) in [6.07, 6.45) is 1.93. The Morgan fingerprint density at radius 1 is 1.17 bits per heavy atom. The molecule has 1 N–H and O–H groups in total. The van der Waals surface area contributed by atoms with Crippen LogP contribution in [0, 0.1) is 6.92 Å². The van der Waals surface area contributed by atoms with Gasteiger partial charge in [-0.2, -0.15) is 0 Å². The fraction of sp³-hybridized carbons (Fsp3) is 0.417. The predicted octanol–water partition coefficient (Wildman–Crippen LogP) is 5.22. The molecule has 0 aromatic heterocycles. The number of halogens is 1. The van der Waals surface area contributed by atoms with Gasteiger partial charge in [-0.25, -0.2) is 0 Å². The van der Waals surface area contributed by atoms with E-state index in [1.807, 2.05) is 24.3 Å². The zero-order valence-corrected chi connectivity index (χ0v) is 19.6. The van der Waals surface area contributed by atoms with Crippen molar-refractivity contribution in [3.63, 3.8) is 0 Å². The summed E-state index contributed by atoms with van der Waals surface area (Å²) < 4.78 is 0. The van der Waals surface area contributed by atoms with Crippen molar-refractivity contribution < 1.29 is 9.59 Å². The lowest BCUT2D eigenvalue weighted by Gasteiger charge is -2.29. The van der Waals surface area contributed by atoms with Gasteiger partial charge < -0.3 is 10.2 Å². The van der Waals surface area contributed by atoms with Crippen LogP contribution in [0.25, 0.3) is 0 Å². The van der Waals surface area contributed by atoms with E-state index in [0.717, 1.165) is 24.2 Å². The van der Waals surface area contributed by atoms with Gasteiger partial charge in [0, 0.05) is 23.9 Å². The van der Waals surface area contributed by atoms with Gasteiger partial charge in [0.05, 0.1) is 5.75 Å². The molecule has 2 aromatic rings. The number of thioether (sulfide) groups is 1. The second-order valence-electron chi connectivity index (χ2n) is 7.42. The summed E-state index contributed by atoms with van der Waals surface area (Å²) in [5, 5.41) is 3.53. The van der Waals surface area contributed by atoms with E-state index >= 15 is 0 Å². The summed E-state index contributed by atoms with van der Waals surface area (Å²) in [5.41, 5.74) is 3.23. The number of hydrogen-bond donors (Lipinski definition) is 1.